The van der Waals surface area contributed by atoms with Crippen molar-refractivity contribution >= 4 is 11.9 Å². The van der Waals surface area contributed by atoms with Gasteiger partial charge in [0.1, 0.15) is 11.5 Å². The van der Waals surface area contributed by atoms with Crippen LogP contribution in [0, 0.1) is 19.7 Å². The lowest BCUT2D eigenvalue weighted by molar-refractivity contribution is 0.0525. The Morgan fingerprint density at radius 1 is 1.27 bits per heavy atom. The maximum absolute atomic E-state index is 13.2. The molecule has 1 amide bonds. The van der Waals surface area contributed by atoms with Crippen LogP contribution in [0.15, 0.2) is 24.3 Å². The van der Waals surface area contributed by atoms with Gasteiger partial charge in [0.05, 0.1) is 18.2 Å². The van der Waals surface area contributed by atoms with Gasteiger partial charge in [-0.3, -0.25) is 4.79 Å². The molecule has 0 saturated carbocycles. The quantitative estimate of drug-likeness (QED) is 0.843. The third-order valence-electron chi connectivity index (χ3n) is 4.90. The molecule has 1 atom stereocenters. The van der Waals surface area contributed by atoms with E-state index in [1.807, 2.05) is 0 Å². The number of hydrogen-bond acceptors (Lipinski definition) is 3. The maximum Gasteiger partial charge on any atom is 0.340 e. The minimum Gasteiger partial charge on any atom is -0.462 e. The summed E-state index contributed by atoms with van der Waals surface area (Å²) in [6, 6.07) is 6.20. The number of aromatic amines is 1. The van der Waals surface area contributed by atoms with E-state index in [9.17, 15) is 14.0 Å². The third-order valence-corrected chi connectivity index (χ3v) is 4.90. The molecule has 1 aliphatic rings. The number of ether oxygens (including phenoxy) is 1. The summed E-state index contributed by atoms with van der Waals surface area (Å²) in [6.07, 6.45) is 1.72. The summed E-state index contributed by atoms with van der Waals surface area (Å²) in [7, 11) is 0. The molecule has 1 saturated heterocycles. The highest BCUT2D eigenvalue weighted by Crippen LogP contribution is 2.34. The standard InChI is InChI=1S/C20H23FN2O3/c1-4-26-20(25)17-12(2)18(22-13(17)3)19(24)23-11-5-6-16(23)14-7-9-15(21)10-8-14/h7-10,16,22H,4-6,11H2,1-3H3. The second-order valence-electron chi connectivity index (χ2n) is 6.55. The van der Waals surface area contributed by atoms with Gasteiger partial charge in [-0.1, -0.05) is 12.1 Å². The highest BCUT2D eigenvalue weighted by atomic mass is 19.1. The van der Waals surface area contributed by atoms with Crippen LogP contribution in [0.3, 0.4) is 0 Å². The highest BCUT2D eigenvalue weighted by Gasteiger charge is 2.33. The monoisotopic (exact) mass is 358 g/mol. The van der Waals surface area contributed by atoms with Crippen LogP contribution < -0.4 is 0 Å². The number of aromatic nitrogens is 1. The molecule has 1 aromatic heterocycles. The molecule has 0 bridgehead atoms. The van der Waals surface area contributed by atoms with Gasteiger partial charge >= 0.3 is 5.97 Å². The van der Waals surface area contributed by atoms with E-state index in [4.69, 9.17) is 4.74 Å². The Bertz CT molecular complexity index is 826. The molecule has 2 aromatic rings. The van der Waals surface area contributed by atoms with Crippen molar-refractivity contribution in [2.24, 2.45) is 0 Å². The molecule has 6 heteroatoms. The summed E-state index contributed by atoms with van der Waals surface area (Å²) in [5.74, 6) is -0.859. The van der Waals surface area contributed by atoms with E-state index in [1.165, 1.54) is 12.1 Å². The fourth-order valence-corrected chi connectivity index (χ4v) is 3.66. The van der Waals surface area contributed by atoms with Gasteiger partial charge in [-0.2, -0.15) is 0 Å². The van der Waals surface area contributed by atoms with Crippen molar-refractivity contribution in [3.8, 4) is 0 Å². The van der Waals surface area contributed by atoms with Crippen molar-refractivity contribution in [2.75, 3.05) is 13.2 Å². The number of carbonyl (C=O) groups excluding carboxylic acids is 2. The predicted octanol–water partition coefficient (Wildman–Crippen LogP) is 3.92. The van der Waals surface area contributed by atoms with Crippen LogP contribution in [0.25, 0.3) is 0 Å². The van der Waals surface area contributed by atoms with Gasteiger partial charge in [0.15, 0.2) is 0 Å². The van der Waals surface area contributed by atoms with Crippen LogP contribution in [0.5, 0.6) is 0 Å². The van der Waals surface area contributed by atoms with Gasteiger partial charge in [-0.15, -0.1) is 0 Å². The van der Waals surface area contributed by atoms with Crippen LogP contribution in [-0.4, -0.2) is 34.9 Å². The van der Waals surface area contributed by atoms with Crippen molar-refractivity contribution in [3.05, 3.63) is 58.2 Å². The molecule has 1 fully saturated rings. The largest absolute Gasteiger partial charge is 0.462 e. The SMILES string of the molecule is CCOC(=O)c1c(C)[nH]c(C(=O)N2CCCC2c2ccc(F)cc2)c1C. The van der Waals surface area contributed by atoms with Crippen LogP contribution in [0.4, 0.5) is 4.39 Å². The van der Waals surface area contributed by atoms with E-state index in [-0.39, 0.29) is 24.4 Å². The Hall–Kier alpha value is -2.63. The Labute approximate surface area is 152 Å². The summed E-state index contributed by atoms with van der Waals surface area (Å²) < 4.78 is 18.3. The Morgan fingerprint density at radius 2 is 1.96 bits per heavy atom. The van der Waals surface area contributed by atoms with Crippen molar-refractivity contribution in [3.63, 3.8) is 0 Å². The van der Waals surface area contributed by atoms with Crippen molar-refractivity contribution in [1.29, 1.82) is 0 Å². The minimum atomic E-state index is -0.422. The number of likely N-dealkylation sites (tertiary alicyclic amines) is 1. The number of halogens is 1. The van der Waals surface area contributed by atoms with E-state index >= 15 is 0 Å². The van der Waals surface area contributed by atoms with Gasteiger partial charge in [0.25, 0.3) is 5.91 Å². The fourth-order valence-electron chi connectivity index (χ4n) is 3.66. The van der Waals surface area contributed by atoms with Crippen LogP contribution in [-0.2, 0) is 4.74 Å². The Balaban J connectivity index is 1.90. The van der Waals surface area contributed by atoms with E-state index in [1.54, 1.807) is 37.8 Å². The zero-order chi connectivity index (χ0) is 18.8. The number of carbonyl (C=O) groups is 2. The molecular formula is C20H23FN2O3. The van der Waals surface area contributed by atoms with Crippen LogP contribution >= 0.6 is 0 Å². The lowest BCUT2D eigenvalue weighted by Gasteiger charge is -2.25. The number of aryl methyl sites for hydroxylation is 1. The lowest BCUT2D eigenvalue weighted by Crippen LogP contribution is -2.31. The number of nitrogens with zero attached hydrogens (tertiary/aromatic N) is 1. The van der Waals surface area contributed by atoms with Crippen molar-refractivity contribution in [2.45, 2.75) is 39.7 Å². The first-order valence-corrected chi connectivity index (χ1v) is 8.86. The molecule has 1 aromatic carbocycles. The molecular weight excluding hydrogens is 335 g/mol. The average Bonchev–Trinajstić information content (AvgIpc) is 3.20. The number of benzene rings is 1. The van der Waals surface area contributed by atoms with Crippen LogP contribution in [0.1, 0.15) is 63.5 Å². The molecule has 1 N–H and O–H groups in total. The van der Waals surface area contributed by atoms with E-state index < -0.39 is 5.97 Å². The number of amides is 1. The molecule has 5 nitrogen and oxygen atoms in total. The minimum absolute atomic E-state index is 0.0860. The predicted molar refractivity (Wildman–Crippen MR) is 95.6 cm³/mol. The normalized spacial score (nSPS) is 16.8. The fraction of sp³-hybridized carbons (Fsp3) is 0.400. The molecule has 2 heterocycles. The summed E-state index contributed by atoms with van der Waals surface area (Å²) in [5, 5.41) is 0. The van der Waals surface area contributed by atoms with Crippen LogP contribution in [0.2, 0.25) is 0 Å². The van der Waals surface area contributed by atoms with Crippen molar-refractivity contribution in [1.82, 2.24) is 9.88 Å². The topological polar surface area (TPSA) is 62.4 Å². The van der Waals surface area contributed by atoms with E-state index in [2.05, 4.69) is 4.98 Å². The Kier molecular flexibility index (Phi) is 5.11. The first-order chi connectivity index (χ1) is 12.4. The molecule has 138 valence electrons. The number of nitrogens with one attached hydrogen (secondary N) is 1. The smallest absolute Gasteiger partial charge is 0.340 e. The second kappa shape index (κ2) is 7.32. The summed E-state index contributed by atoms with van der Waals surface area (Å²) in [4.78, 5) is 30.1. The van der Waals surface area contributed by atoms with Gasteiger partial charge < -0.3 is 14.6 Å². The van der Waals surface area contributed by atoms with Gasteiger partial charge in [0, 0.05) is 12.2 Å². The third kappa shape index (κ3) is 3.23. The average molecular weight is 358 g/mol. The molecule has 26 heavy (non-hydrogen) atoms. The summed E-state index contributed by atoms with van der Waals surface area (Å²) >= 11 is 0. The number of esters is 1. The summed E-state index contributed by atoms with van der Waals surface area (Å²) in [6.45, 7) is 6.18. The first kappa shape index (κ1) is 18.2. The first-order valence-electron chi connectivity index (χ1n) is 8.86. The number of hydrogen-bond donors (Lipinski definition) is 1. The lowest BCUT2D eigenvalue weighted by atomic mass is 10.0. The second-order valence-corrected chi connectivity index (χ2v) is 6.55. The molecule has 3 rings (SSSR count). The number of H-pyrrole nitrogens is 1. The van der Waals surface area contributed by atoms with E-state index in [0.717, 1.165) is 18.4 Å². The number of rotatable bonds is 4. The molecule has 1 unspecified atom stereocenters. The molecule has 0 spiro atoms. The highest BCUT2D eigenvalue weighted by molar-refractivity contribution is 6.00. The summed E-state index contributed by atoms with van der Waals surface area (Å²) in [5.41, 5.74) is 2.99. The van der Waals surface area contributed by atoms with E-state index in [0.29, 0.717) is 29.1 Å². The molecule has 1 aliphatic heterocycles. The molecule has 0 aliphatic carbocycles. The van der Waals surface area contributed by atoms with Gasteiger partial charge in [-0.05, 0) is 56.9 Å². The zero-order valence-corrected chi connectivity index (χ0v) is 15.3. The molecule has 0 radical (unpaired) electrons. The zero-order valence-electron chi connectivity index (χ0n) is 15.3. The maximum atomic E-state index is 13.2. The van der Waals surface area contributed by atoms with Crippen molar-refractivity contribution < 1.29 is 18.7 Å². The van der Waals surface area contributed by atoms with Gasteiger partial charge in [0.2, 0.25) is 0 Å². The Morgan fingerprint density at radius 3 is 2.62 bits per heavy atom. The van der Waals surface area contributed by atoms with Gasteiger partial charge in [-0.25, -0.2) is 9.18 Å².